The molecule has 1 fully saturated rings. The molecular weight excluding hydrogens is 206 g/mol. The molecule has 0 N–H and O–H groups in total. The van der Waals surface area contributed by atoms with E-state index in [4.69, 9.17) is 5.26 Å². The summed E-state index contributed by atoms with van der Waals surface area (Å²) in [5.74, 6) is 2.41. The number of nitrogens with zero attached hydrogens (tertiary/aromatic N) is 1. The number of hydrogen-bond donors (Lipinski definition) is 0. The Kier molecular flexibility index (Phi) is 3.84. The first-order valence-electron chi connectivity index (χ1n) is 6.74. The molecule has 0 amide bonds. The molecule has 3 unspecified atom stereocenters. The van der Waals surface area contributed by atoms with Gasteiger partial charge in [-0.1, -0.05) is 32.4 Å². The fourth-order valence-electron chi connectivity index (χ4n) is 3.18. The second kappa shape index (κ2) is 5.36. The van der Waals surface area contributed by atoms with E-state index in [1.807, 2.05) is 12.1 Å². The van der Waals surface area contributed by atoms with Gasteiger partial charge in [0.05, 0.1) is 11.6 Å². The van der Waals surface area contributed by atoms with Crippen LogP contribution in [0.1, 0.15) is 56.6 Å². The molecular formula is C16H21N. The summed E-state index contributed by atoms with van der Waals surface area (Å²) in [5, 5.41) is 8.81. The topological polar surface area (TPSA) is 23.8 Å². The van der Waals surface area contributed by atoms with Crippen LogP contribution in [0, 0.1) is 23.2 Å². The lowest BCUT2D eigenvalue weighted by atomic mass is 9.71. The van der Waals surface area contributed by atoms with Crippen LogP contribution in [0.5, 0.6) is 0 Å². The molecule has 0 aromatic heterocycles. The number of rotatable bonds is 2. The average molecular weight is 227 g/mol. The van der Waals surface area contributed by atoms with Gasteiger partial charge in [-0.15, -0.1) is 0 Å². The van der Waals surface area contributed by atoms with Crippen LogP contribution in [0.2, 0.25) is 0 Å². The third kappa shape index (κ3) is 2.69. The van der Waals surface area contributed by atoms with Crippen LogP contribution in [0.25, 0.3) is 0 Å². The zero-order valence-corrected chi connectivity index (χ0v) is 10.8. The highest BCUT2D eigenvalue weighted by atomic mass is 14.3. The van der Waals surface area contributed by atoms with Crippen molar-refractivity contribution in [3.05, 3.63) is 35.4 Å². The molecule has 1 saturated carbocycles. The van der Waals surface area contributed by atoms with Gasteiger partial charge in [0.25, 0.3) is 0 Å². The Hall–Kier alpha value is -1.29. The van der Waals surface area contributed by atoms with E-state index in [1.165, 1.54) is 31.2 Å². The second-order valence-corrected chi connectivity index (χ2v) is 5.40. The van der Waals surface area contributed by atoms with Crippen molar-refractivity contribution in [1.29, 1.82) is 5.26 Å². The molecule has 0 radical (unpaired) electrons. The van der Waals surface area contributed by atoms with Gasteiger partial charge in [0.2, 0.25) is 0 Å². The summed E-state index contributed by atoms with van der Waals surface area (Å²) < 4.78 is 0. The van der Waals surface area contributed by atoms with Crippen molar-refractivity contribution in [3.63, 3.8) is 0 Å². The van der Waals surface area contributed by atoms with Crippen molar-refractivity contribution in [2.45, 2.75) is 45.4 Å². The summed E-state index contributed by atoms with van der Waals surface area (Å²) in [6.07, 6.45) is 5.36. The van der Waals surface area contributed by atoms with Gasteiger partial charge in [0, 0.05) is 0 Å². The van der Waals surface area contributed by atoms with Crippen molar-refractivity contribution in [3.8, 4) is 6.07 Å². The molecule has 0 bridgehead atoms. The van der Waals surface area contributed by atoms with Crippen molar-refractivity contribution >= 4 is 0 Å². The predicted octanol–water partition coefficient (Wildman–Crippen LogP) is 4.49. The molecule has 0 aliphatic heterocycles. The minimum atomic E-state index is 0.700. The average Bonchev–Trinajstić information content (AvgIpc) is 2.39. The van der Waals surface area contributed by atoms with Gasteiger partial charge >= 0.3 is 0 Å². The van der Waals surface area contributed by atoms with Crippen LogP contribution in [-0.4, -0.2) is 0 Å². The van der Waals surface area contributed by atoms with Crippen LogP contribution in [0.15, 0.2) is 24.3 Å². The van der Waals surface area contributed by atoms with Crippen molar-refractivity contribution < 1.29 is 0 Å². The van der Waals surface area contributed by atoms with Gasteiger partial charge in [0.15, 0.2) is 0 Å². The number of nitriles is 1. The van der Waals surface area contributed by atoms with E-state index >= 15 is 0 Å². The minimum Gasteiger partial charge on any atom is -0.192 e. The Bertz CT molecular complexity index is 399. The van der Waals surface area contributed by atoms with Crippen LogP contribution in [-0.2, 0) is 0 Å². The van der Waals surface area contributed by atoms with Gasteiger partial charge in [0.1, 0.15) is 0 Å². The SMILES string of the molecule is CCC1CCC(c2ccc(C#N)cc2)C(C)C1. The van der Waals surface area contributed by atoms with Crippen LogP contribution < -0.4 is 0 Å². The standard InChI is InChI=1S/C16H21N/c1-3-13-6-9-16(12(2)10-13)15-7-4-14(11-17)5-8-15/h4-5,7-8,12-13,16H,3,6,9-10H2,1-2H3. The van der Waals surface area contributed by atoms with Crippen LogP contribution in [0.3, 0.4) is 0 Å². The van der Waals surface area contributed by atoms with E-state index in [0.717, 1.165) is 17.4 Å². The van der Waals surface area contributed by atoms with E-state index in [1.54, 1.807) is 0 Å². The molecule has 0 saturated heterocycles. The summed E-state index contributed by atoms with van der Waals surface area (Å²) in [7, 11) is 0. The quantitative estimate of drug-likeness (QED) is 0.730. The molecule has 0 spiro atoms. The number of benzene rings is 1. The summed E-state index contributed by atoms with van der Waals surface area (Å²) in [6, 6.07) is 10.4. The maximum atomic E-state index is 8.81. The Morgan fingerprint density at radius 1 is 1.24 bits per heavy atom. The highest BCUT2D eigenvalue weighted by Gasteiger charge is 2.27. The molecule has 1 aromatic carbocycles. The van der Waals surface area contributed by atoms with Crippen LogP contribution in [0.4, 0.5) is 0 Å². The predicted molar refractivity (Wildman–Crippen MR) is 70.7 cm³/mol. The second-order valence-electron chi connectivity index (χ2n) is 5.40. The lowest BCUT2D eigenvalue weighted by Crippen LogP contribution is -2.21. The monoisotopic (exact) mass is 227 g/mol. The molecule has 1 aliphatic carbocycles. The van der Waals surface area contributed by atoms with Gasteiger partial charge in [-0.3, -0.25) is 0 Å². The largest absolute Gasteiger partial charge is 0.192 e. The lowest BCUT2D eigenvalue weighted by Gasteiger charge is -2.34. The summed E-state index contributed by atoms with van der Waals surface area (Å²) in [6.45, 7) is 4.68. The smallest absolute Gasteiger partial charge is 0.0991 e. The Morgan fingerprint density at radius 3 is 2.47 bits per heavy atom. The molecule has 0 heterocycles. The number of hydrogen-bond acceptors (Lipinski definition) is 1. The first-order chi connectivity index (χ1) is 8.24. The van der Waals surface area contributed by atoms with Gasteiger partial charge in [-0.05, 0) is 54.7 Å². The minimum absolute atomic E-state index is 0.700. The highest BCUT2D eigenvalue weighted by molar-refractivity contribution is 5.33. The molecule has 1 heteroatoms. The Balaban J connectivity index is 2.09. The van der Waals surface area contributed by atoms with Crippen molar-refractivity contribution in [2.75, 3.05) is 0 Å². The Labute approximate surface area is 104 Å². The molecule has 1 nitrogen and oxygen atoms in total. The first-order valence-corrected chi connectivity index (χ1v) is 6.74. The first kappa shape index (κ1) is 12.2. The third-order valence-electron chi connectivity index (χ3n) is 4.32. The zero-order valence-electron chi connectivity index (χ0n) is 10.8. The lowest BCUT2D eigenvalue weighted by molar-refractivity contribution is 0.242. The highest BCUT2D eigenvalue weighted by Crippen LogP contribution is 2.41. The summed E-state index contributed by atoms with van der Waals surface area (Å²) in [5.41, 5.74) is 2.19. The van der Waals surface area contributed by atoms with E-state index in [0.29, 0.717) is 5.92 Å². The van der Waals surface area contributed by atoms with E-state index in [-0.39, 0.29) is 0 Å². The zero-order chi connectivity index (χ0) is 12.3. The van der Waals surface area contributed by atoms with Crippen LogP contribution >= 0.6 is 0 Å². The van der Waals surface area contributed by atoms with E-state index in [9.17, 15) is 0 Å². The Morgan fingerprint density at radius 2 is 1.94 bits per heavy atom. The summed E-state index contributed by atoms with van der Waals surface area (Å²) >= 11 is 0. The van der Waals surface area contributed by atoms with Gasteiger partial charge in [-0.2, -0.15) is 5.26 Å². The maximum absolute atomic E-state index is 8.81. The van der Waals surface area contributed by atoms with Crippen molar-refractivity contribution in [2.24, 2.45) is 11.8 Å². The molecule has 90 valence electrons. The van der Waals surface area contributed by atoms with E-state index in [2.05, 4.69) is 32.0 Å². The van der Waals surface area contributed by atoms with Crippen molar-refractivity contribution in [1.82, 2.24) is 0 Å². The molecule has 3 atom stereocenters. The molecule has 1 aliphatic rings. The van der Waals surface area contributed by atoms with E-state index < -0.39 is 0 Å². The molecule has 1 aromatic rings. The summed E-state index contributed by atoms with van der Waals surface area (Å²) in [4.78, 5) is 0. The normalized spacial score (nSPS) is 28.6. The maximum Gasteiger partial charge on any atom is 0.0991 e. The molecule has 2 rings (SSSR count). The van der Waals surface area contributed by atoms with Gasteiger partial charge < -0.3 is 0 Å². The van der Waals surface area contributed by atoms with Gasteiger partial charge in [-0.25, -0.2) is 0 Å². The fraction of sp³-hybridized carbons (Fsp3) is 0.562. The molecule has 17 heavy (non-hydrogen) atoms. The fourth-order valence-corrected chi connectivity index (χ4v) is 3.18. The third-order valence-corrected chi connectivity index (χ3v) is 4.32.